The number of hydrogen-bond acceptors (Lipinski definition) is 4. The molecule has 0 saturated carbocycles. The number of nitrogens with zero attached hydrogens (tertiary/aromatic N) is 2. The Morgan fingerprint density at radius 1 is 1.13 bits per heavy atom. The third kappa shape index (κ3) is 8.16. The average molecular weight is 488 g/mol. The minimum Gasteiger partial charge on any atom is -0.468 e. The fraction of sp³-hybridized carbons (Fsp3) is 0.200. The van der Waals surface area contributed by atoms with Crippen LogP contribution >= 0.6 is 34.8 Å². The van der Waals surface area contributed by atoms with Crippen LogP contribution in [0.2, 0.25) is 15.1 Å². The highest BCUT2D eigenvalue weighted by Crippen LogP contribution is 2.19. The number of aliphatic imine (C=N–C) groups is 2. The molecule has 11 heteroatoms. The summed E-state index contributed by atoms with van der Waals surface area (Å²) in [6, 6.07) is 8.77. The number of halogens is 4. The zero-order chi connectivity index (χ0) is 23.0. The molecule has 0 heterocycles. The molecule has 0 bridgehead atoms. The predicted octanol–water partition coefficient (Wildman–Crippen LogP) is 3.77. The van der Waals surface area contributed by atoms with E-state index in [0.717, 1.165) is 6.07 Å². The summed E-state index contributed by atoms with van der Waals surface area (Å²) >= 11 is 17.6. The highest BCUT2D eigenvalue weighted by atomic mass is 35.5. The molecule has 0 aromatic heterocycles. The number of carbonyl (C=O) groups excluding carboxylic acids is 2. The summed E-state index contributed by atoms with van der Waals surface area (Å²) < 4.78 is 18.2. The van der Waals surface area contributed by atoms with Crippen molar-refractivity contribution in [3.05, 3.63) is 68.4 Å². The minimum absolute atomic E-state index is 0.0418. The third-order valence-electron chi connectivity index (χ3n) is 3.81. The molecule has 2 rings (SSSR count). The molecule has 3 N–H and O–H groups in total. The Hall–Kier alpha value is -2.68. The molecule has 7 nitrogen and oxygen atoms in total. The number of ether oxygens (including phenoxy) is 1. The highest BCUT2D eigenvalue weighted by Gasteiger charge is 2.11. The van der Waals surface area contributed by atoms with Gasteiger partial charge in [0, 0.05) is 22.2 Å². The van der Waals surface area contributed by atoms with E-state index >= 15 is 0 Å². The Morgan fingerprint density at radius 2 is 1.81 bits per heavy atom. The number of methoxy groups -OCH3 is 1. The molecule has 0 fully saturated rings. The summed E-state index contributed by atoms with van der Waals surface area (Å²) in [5.41, 5.74) is 6.84. The maximum atomic E-state index is 13.7. The molecule has 1 amide bonds. The number of esters is 1. The average Bonchev–Trinajstić information content (AvgIpc) is 2.71. The number of amides is 1. The van der Waals surface area contributed by atoms with Gasteiger partial charge in [0.1, 0.15) is 24.0 Å². The van der Waals surface area contributed by atoms with Gasteiger partial charge in [-0.15, -0.1) is 0 Å². The van der Waals surface area contributed by atoms with Crippen molar-refractivity contribution in [2.75, 3.05) is 13.7 Å². The smallest absolute Gasteiger partial charge is 0.327 e. The Balaban J connectivity index is 2.15. The molecular weight excluding hydrogens is 470 g/mol. The van der Waals surface area contributed by atoms with Crippen LogP contribution in [0.5, 0.6) is 0 Å². The second-order valence-electron chi connectivity index (χ2n) is 6.17. The van der Waals surface area contributed by atoms with Gasteiger partial charge in [0.15, 0.2) is 0 Å². The van der Waals surface area contributed by atoms with Crippen molar-refractivity contribution in [2.24, 2.45) is 15.7 Å². The van der Waals surface area contributed by atoms with Gasteiger partial charge >= 0.3 is 5.97 Å². The monoisotopic (exact) mass is 486 g/mol. The molecule has 2 aromatic rings. The lowest BCUT2D eigenvalue weighted by Crippen LogP contribution is -2.26. The van der Waals surface area contributed by atoms with E-state index in [1.165, 1.54) is 19.2 Å². The van der Waals surface area contributed by atoms with Gasteiger partial charge in [-0.05, 0) is 42.0 Å². The Bertz CT molecular complexity index is 1020. The maximum absolute atomic E-state index is 13.7. The first-order valence-electron chi connectivity index (χ1n) is 8.79. The number of nitrogens with one attached hydrogen (secondary N) is 1. The number of benzene rings is 2. The van der Waals surface area contributed by atoms with Crippen molar-refractivity contribution in [2.45, 2.75) is 13.0 Å². The molecule has 0 aliphatic heterocycles. The zero-order valence-corrected chi connectivity index (χ0v) is 18.6. The quantitative estimate of drug-likeness (QED) is 0.352. The van der Waals surface area contributed by atoms with Crippen LogP contribution in [0.15, 0.2) is 46.4 Å². The minimum atomic E-state index is -0.678. The Labute approximate surface area is 193 Å². The molecule has 31 heavy (non-hydrogen) atoms. The van der Waals surface area contributed by atoms with Gasteiger partial charge in [-0.25, -0.2) is 9.38 Å². The summed E-state index contributed by atoms with van der Waals surface area (Å²) in [7, 11) is 1.20. The molecule has 0 aliphatic rings. The topological polar surface area (TPSA) is 106 Å². The first-order chi connectivity index (χ1) is 14.7. The lowest BCUT2D eigenvalue weighted by molar-refractivity contribution is -0.138. The van der Waals surface area contributed by atoms with Crippen molar-refractivity contribution in [1.29, 1.82) is 0 Å². The van der Waals surface area contributed by atoms with Gasteiger partial charge < -0.3 is 15.8 Å². The summed E-state index contributed by atoms with van der Waals surface area (Å²) in [4.78, 5) is 31.8. The fourth-order valence-corrected chi connectivity index (χ4v) is 3.02. The number of hydrogen-bond donors (Lipinski definition) is 2. The van der Waals surface area contributed by atoms with Crippen molar-refractivity contribution in [3.8, 4) is 0 Å². The Morgan fingerprint density at radius 3 is 2.42 bits per heavy atom. The van der Waals surface area contributed by atoms with Crippen LogP contribution in [0, 0.1) is 5.82 Å². The predicted molar refractivity (Wildman–Crippen MR) is 119 cm³/mol. The molecular formula is C20H18Cl3FN4O3. The van der Waals surface area contributed by atoms with E-state index in [2.05, 4.69) is 20.0 Å². The SMILES string of the molecule is COC(=O)CN=C(CC(=O)NCc1cc(Cl)cc(Cl)c1)N=C(N)c1ccc(Cl)c(F)c1. The Kier molecular flexibility index (Phi) is 9.23. The molecule has 0 atom stereocenters. The second kappa shape index (κ2) is 11.6. The summed E-state index contributed by atoms with van der Waals surface area (Å²) in [5.74, 6) is -1.90. The number of carbonyl (C=O) groups is 2. The van der Waals surface area contributed by atoms with E-state index in [1.54, 1.807) is 18.2 Å². The van der Waals surface area contributed by atoms with E-state index in [1.807, 2.05) is 0 Å². The first-order valence-corrected chi connectivity index (χ1v) is 9.92. The van der Waals surface area contributed by atoms with E-state index in [9.17, 15) is 14.0 Å². The number of nitrogens with two attached hydrogens (primary N) is 1. The molecule has 0 aliphatic carbocycles. The van der Waals surface area contributed by atoms with Crippen LogP contribution in [-0.2, 0) is 20.9 Å². The molecule has 0 saturated heterocycles. The molecule has 164 valence electrons. The van der Waals surface area contributed by atoms with Crippen LogP contribution in [0.4, 0.5) is 4.39 Å². The van der Waals surface area contributed by atoms with E-state index < -0.39 is 17.7 Å². The summed E-state index contributed by atoms with van der Waals surface area (Å²) in [6.07, 6.45) is -0.290. The molecule has 0 spiro atoms. The van der Waals surface area contributed by atoms with E-state index in [0.29, 0.717) is 15.6 Å². The van der Waals surface area contributed by atoms with Crippen LogP contribution < -0.4 is 11.1 Å². The van der Waals surface area contributed by atoms with Gasteiger partial charge in [0.25, 0.3) is 0 Å². The van der Waals surface area contributed by atoms with Crippen LogP contribution in [0.25, 0.3) is 0 Å². The molecule has 2 aromatic carbocycles. The van der Waals surface area contributed by atoms with E-state index in [4.69, 9.17) is 40.5 Å². The van der Waals surface area contributed by atoms with Gasteiger partial charge in [0.05, 0.1) is 18.6 Å². The molecule has 0 unspecified atom stereocenters. The van der Waals surface area contributed by atoms with Crippen molar-refractivity contribution in [3.63, 3.8) is 0 Å². The molecule has 0 radical (unpaired) electrons. The van der Waals surface area contributed by atoms with Gasteiger partial charge in [0.2, 0.25) is 5.91 Å². The van der Waals surface area contributed by atoms with Gasteiger partial charge in [-0.2, -0.15) is 0 Å². The van der Waals surface area contributed by atoms with Crippen LogP contribution in [0.1, 0.15) is 17.5 Å². The lowest BCUT2D eigenvalue weighted by Gasteiger charge is -2.08. The largest absolute Gasteiger partial charge is 0.468 e. The van der Waals surface area contributed by atoms with Crippen LogP contribution in [0.3, 0.4) is 0 Å². The summed E-state index contributed by atoms with van der Waals surface area (Å²) in [6.45, 7) is -0.209. The van der Waals surface area contributed by atoms with Crippen molar-refractivity contribution in [1.82, 2.24) is 5.32 Å². The lowest BCUT2D eigenvalue weighted by atomic mass is 10.2. The number of rotatable bonds is 7. The maximum Gasteiger partial charge on any atom is 0.327 e. The second-order valence-corrected chi connectivity index (χ2v) is 7.45. The van der Waals surface area contributed by atoms with Gasteiger partial charge in [-0.3, -0.25) is 14.6 Å². The third-order valence-corrected chi connectivity index (χ3v) is 4.56. The standard InChI is InChI=1S/C20H18Cl3FN4O3/c1-31-19(30)10-26-17(28-20(25)12-2-3-15(23)16(24)6-12)8-18(29)27-9-11-4-13(21)7-14(22)5-11/h2-7H,8-10H2,1H3,(H,27,29)(H2,25,26,28). The summed E-state index contributed by atoms with van der Waals surface area (Å²) in [5, 5.41) is 3.47. The highest BCUT2D eigenvalue weighted by molar-refractivity contribution is 6.34. The van der Waals surface area contributed by atoms with Crippen molar-refractivity contribution >= 4 is 58.4 Å². The van der Waals surface area contributed by atoms with Crippen LogP contribution in [-0.4, -0.2) is 37.2 Å². The van der Waals surface area contributed by atoms with Crippen molar-refractivity contribution < 1.29 is 18.7 Å². The van der Waals surface area contributed by atoms with Gasteiger partial charge in [-0.1, -0.05) is 34.8 Å². The first kappa shape index (κ1) is 24.6. The van der Waals surface area contributed by atoms with E-state index in [-0.39, 0.29) is 41.8 Å². The zero-order valence-electron chi connectivity index (χ0n) is 16.3. The fourth-order valence-electron chi connectivity index (χ4n) is 2.33. The normalized spacial score (nSPS) is 11.9. The number of amidine groups is 2.